The first kappa shape index (κ1) is 40.9. The molecule has 1 fully saturated rings. The Morgan fingerprint density at radius 1 is 0.897 bits per heavy atom. The third-order valence-corrected chi connectivity index (χ3v) is 12.9. The van der Waals surface area contributed by atoms with Crippen LogP contribution in [0.2, 0.25) is 5.02 Å². The standard InChI is InChI=1S/C43H45ClN8O4S2/c1-49(2)21-20-34(29-57-36-9-4-3-5-10-36)47-41-27-37(17-19-42(41)52(53)54)58(55,56)48-43-39-18-16-35(26-40(39)45-30-46-43)51-24-22-50(23-25-51)28-32-8-6-7-11-38(32)31-12-14-33(44)15-13-31/h3-19,26-27,30,34,47H,20-25,28-29H2,1-2H3,(H,45,46,48)/t34-/m1/s1. The highest BCUT2D eigenvalue weighted by atomic mass is 35.5. The fourth-order valence-corrected chi connectivity index (χ4v) is 9.16. The Kier molecular flexibility index (Phi) is 13.1. The Labute approximate surface area is 348 Å². The molecule has 1 atom stereocenters. The second-order valence-corrected chi connectivity index (χ2v) is 17.7. The molecule has 5 aromatic carbocycles. The van der Waals surface area contributed by atoms with Gasteiger partial charge < -0.3 is 15.1 Å². The summed E-state index contributed by atoms with van der Waals surface area (Å²) in [6, 6.07) is 35.7. The summed E-state index contributed by atoms with van der Waals surface area (Å²) in [6.45, 7) is 4.94. The van der Waals surface area contributed by atoms with Crippen molar-refractivity contribution in [3.63, 3.8) is 0 Å². The lowest BCUT2D eigenvalue weighted by atomic mass is 9.99. The number of hydrogen-bond donors (Lipinski definition) is 2. The average molecular weight is 837 g/mol. The van der Waals surface area contributed by atoms with Crippen LogP contribution in [0.5, 0.6) is 0 Å². The van der Waals surface area contributed by atoms with Gasteiger partial charge in [-0.25, -0.2) is 18.4 Å². The van der Waals surface area contributed by atoms with Gasteiger partial charge in [0.25, 0.3) is 15.7 Å². The first-order chi connectivity index (χ1) is 28.0. The van der Waals surface area contributed by atoms with Gasteiger partial charge in [0.15, 0.2) is 5.82 Å². The normalized spacial score (nSPS) is 14.1. The van der Waals surface area contributed by atoms with Gasteiger partial charge in [-0.15, -0.1) is 11.8 Å². The van der Waals surface area contributed by atoms with Crippen LogP contribution in [0.1, 0.15) is 12.0 Å². The zero-order valence-electron chi connectivity index (χ0n) is 32.3. The number of anilines is 3. The molecular weight excluding hydrogens is 792 g/mol. The van der Waals surface area contributed by atoms with E-state index in [1.165, 1.54) is 35.7 Å². The average Bonchev–Trinajstić information content (AvgIpc) is 3.22. The Hall–Kier alpha value is -5.25. The van der Waals surface area contributed by atoms with Crippen molar-refractivity contribution in [2.24, 2.45) is 0 Å². The predicted octanol–water partition coefficient (Wildman–Crippen LogP) is 8.51. The van der Waals surface area contributed by atoms with E-state index in [1.807, 2.05) is 79.7 Å². The van der Waals surface area contributed by atoms with E-state index in [1.54, 1.807) is 11.8 Å². The Morgan fingerprint density at radius 3 is 2.38 bits per heavy atom. The van der Waals surface area contributed by atoms with E-state index in [9.17, 15) is 18.5 Å². The van der Waals surface area contributed by atoms with E-state index < -0.39 is 14.9 Å². The molecule has 0 aliphatic carbocycles. The summed E-state index contributed by atoms with van der Waals surface area (Å²) in [5.74, 6) is 0.741. The van der Waals surface area contributed by atoms with Gasteiger partial charge in [-0.2, -0.15) is 0 Å². The largest absolute Gasteiger partial charge is 0.376 e. The molecule has 7 rings (SSSR count). The maximum atomic E-state index is 13.9. The maximum absolute atomic E-state index is 13.9. The van der Waals surface area contributed by atoms with Crippen LogP contribution in [-0.2, 0) is 16.6 Å². The lowest BCUT2D eigenvalue weighted by molar-refractivity contribution is -0.384. The fourth-order valence-electron chi connectivity index (χ4n) is 6.99. The van der Waals surface area contributed by atoms with Crippen molar-refractivity contribution in [2.45, 2.75) is 28.8 Å². The molecule has 0 bridgehead atoms. The van der Waals surface area contributed by atoms with Gasteiger partial charge in [-0.05, 0) is 98.3 Å². The molecule has 300 valence electrons. The van der Waals surface area contributed by atoms with Gasteiger partial charge in [-0.1, -0.05) is 66.2 Å². The lowest BCUT2D eigenvalue weighted by Crippen LogP contribution is -2.46. The molecule has 0 spiro atoms. The zero-order chi connectivity index (χ0) is 40.6. The molecule has 0 radical (unpaired) electrons. The number of fused-ring (bicyclic) bond motifs is 1. The number of nitrogens with zero attached hydrogens (tertiary/aromatic N) is 6. The number of piperazine rings is 1. The summed E-state index contributed by atoms with van der Waals surface area (Å²) >= 11 is 7.78. The van der Waals surface area contributed by atoms with Crippen molar-refractivity contribution in [2.75, 3.05) is 67.5 Å². The molecule has 2 heterocycles. The molecule has 0 amide bonds. The number of nitro benzene ring substituents is 1. The van der Waals surface area contributed by atoms with E-state index in [2.05, 4.69) is 66.2 Å². The van der Waals surface area contributed by atoms with Crippen molar-refractivity contribution in [3.05, 3.63) is 142 Å². The number of hydrogen-bond acceptors (Lipinski definition) is 11. The minimum absolute atomic E-state index is 0.122. The van der Waals surface area contributed by atoms with Crippen LogP contribution in [0.15, 0.2) is 131 Å². The van der Waals surface area contributed by atoms with Crippen LogP contribution < -0.4 is 14.9 Å². The van der Waals surface area contributed by atoms with Gasteiger partial charge in [0, 0.05) is 71.6 Å². The molecule has 15 heteroatoms. The number of rotatable bonds is 16. The molecule has 1 aliphatic heterocycles. The summed E-state index contributed by atoms with van der Waals surface area (Å²) < 4.78 is 30.4. The first-order valence-electron chi connectivity index (χ1n) is 19.0. The Morgan fingerprint density at radius 2 is 1.64 bits per heavy atom. The van der Waals surface area contributed by atoms with Crippen molar-refractivity contribution in [1.82, 2.24) is 19.8 Å². The summed E-state index contributed by atoms with van der Waals surface area (Å²) in [7, 11) is -0.278. The van der Waals surface area contributed by atoms with E-state index in [4.69, 9.17) is 11.6 Å². The van der Waals surface area contributed by atoms with Crippen LogP contribution in [0, 0.1) is 10.1 Å². The Bertz CT molecular complexity index is 2470. The number of thioether (sulfide) groups is 1. The molecule has 0 saturated carbocycles. The Balaban J connectivity index is 1.04. The second-order valence-electron chi connectivity index (χ2n) is 14.4. The highest BCUT2D eigenvalue weighted by Crippen LogP contribution is 2.33. The molecule has 0 unspecified atom stereocenters. The molecule has 1 aromatic heterocycles. The number of halogens is 1. The molecule has 2 N–H and O–H groups in total. The summed E-state index contributed by atoms with van der Waals surface area (Å²) in [4.78, 5) is 28.1. The number of nitrogens with one attached hydrogen (secondary N) is 2. The van der Waals surface area contributed by atoms with E-state index in [0.717, 1.165) is 55.4 Å². The number of benzene rings is 5. The van der Waals surface area contributed by atoms with Gasteiger partial charge in [-0.3, -0.25) is 19.7 Å². The van der Waals surface area contributed by atoms with Crippen LogP contribution in [0.4, 0.5) is 22.9 Å². The summed E-state index contributed by atoms with van der Waals surface area (Å²) in [5.41, 5.74) is 5.11. The third kappa shape index (κ3) is 10.2. The van der Waals surface area contributed by atoms with Crippen LogP contribution in [0.3, 0.4) is 0 Å². The topological polar surface area (TPSA) is 137 Å². The zero-order valence-corrected chi connectivity index (χ0v) is 34.7. The van der Waals surface area contributed by atoms with Crippen molar-refractivity contribution in [1.29, 1.82) is 0 Å². The van der Waals surface area contributed by atoms with E-state index in [-0.39, 0.29) is 28.1 Å². The summed E-state index contributed by atoms with van der Waals surface area (Å²) in [6.07, 6.45) is 2.02. The molecular formula is C43H45ClN8O4S2. The second kappa shape index (κ2) is 18.6. The molecule has 1 aliphatic rings. The maximum Gasteiger partial charge on any atom is 0.292 e. The molecule has 12 nitrogen and oxygen atoms in total. The first-order valence-corrected chi connectivity index (χ1v) is 21.8. The number of aromatic nitrogens is 2. The van der Waals surface area contributed by atoms with Crippen LogP contribution in [0.25, 0.3) is 22.0 Å². The van der Waals surface area contributed by atoms with E-state index in [0.29, 0.717) is 28.1 Å². The van der Waals surface area contributed by atoms with Gasteiger partial charge >= 0.3 is 0 Å². The van der Waals surface area contributed by atoms with Crippen LogP contribution >= 0.6 is 23.4 Å². The fraction of sp³-hybridized carbons (Fsp3) is 0.256. The predicted molar refractivity (Wildman–Crippen MR) is 236 cm³/mol. The van der Waals surface area contributed by atoms with E-state index >= 15 is 0 Å². The molecule has 58 heavy (non-hydrogen) atoms. The monoisotopic (exact) mass is 836 g/mol. The minimum atomic E-state index is -4.21. The van der Waals surface area contributed by atoms with Crippen LogP contribution in [-0.4, -0.2) is 91.7 Å². The van der Waals surface area contributed by atoms with Gasteiger partial charge in [0.2, 0.25) is 0 Å². The SMILES string of the molecule is CN(C)CC[C@H](CSc1ccccc1)Nc1cc(S(=O)(=O)Nc2ncnc3cc(N4CCN(Cc5ccccc5-c5ccc(Cl)cc5)CC4)ccc23)ccc1[N+](=O)[O-]. The quantitative estimate of drug-likeness (QED) is 0.0552. The lowest BCUT2D eigenvalue weighted by Gasteiger charge is -2.36. The molecule has 6 aromatic rings. The van der Waals surface area contributed by atoms with Gasteiger partial charge in [0.1, 0.15) is 12.0 Å². The molecule has 1 saturated heterocycles. The highest BCUT2D eigenvalue weighted by molar-refractivity contribution is 7.99. The van der Waals surface area contributed by atoms with Crippen molar-refractivity contribution in [3.8, 4) is 11.1 Å². The smallest absolute Gasteiger partial charge is 0.292 e. The van der Waals surface area contributed by atoms with Gasteiger partial charge in [0.05, 0.1) is 15.3 Å². The summed E-state index contributed by atoms with van der Waals surface area (Å²) in [5, 5.41) is 16.7. The third-order valence-electron chi connectivity index (χ3n) is 10.1. The van der Waals surface area contributed by atoms with Crippen molar-refractivity contribution < 1.29 is 13.3 Å². The number of sulfonamides is 1. The number of nitro groups is 1. The van der Waals surface area contributed by atoms with Crippen molar-refractivity contribution >= 4 is 67.2 Å². The minimum Gasteiger partial charge on any atom is -0.376 e. The highest BCUT2D eigenvalue weighted by Gasteiger charge is 2.25.